The first-order valence-electron chi connectivity index (χ1n) is 8.75. The van der Waals surface area contributed by atoms with E-state index in [1.807, 2.05) is 0 Å². The summed E-state index contributed by atoms with van der Waals surface area (Å²) >= 11 is 0. The zero-order chi connectivity index (χ0) is 15.3. The smallest absolute Gasteiger partial charge is 0.327 e. The molecule has 1 saturated heterocycles. The van der Waals surface area contributed by atoms with Gasteiger partial charge in [0.1, 0.15) is 5.54 Å². The van der Waals surface area contributed by atoms with Crippen LogP contribution in [0.1, 0.15) is 58.8 Å². The van der Waals surface area contributed by atoms with E-state index in [9.17, 15) is 4.79 Å². The molecule has 1 aliphatic heterocycles. The fraction of sp³-hybridized carbons (Fsp3) is 0.941. The molecule has 1 heterocycles. The van der Waals surface area contributed by atoms with Crippen LogP contribution in [0.3, 0.4) is 0 Å². The molecule has 2 rings (SSSR count). The van der Waals surface area contributed by atoms with Crippen LogP contribution in [0.15, 0.2) is 0 Å². The Balaban J connectivity index is 2.15. The predicted octanol–water partition coefficient (Wildman–Crippen LogP) is 2.57. The van der Waals surface area contributed by atoms with Crippen LogP contribution in [0.2, 0.25) is 0 Å². The van der Waals surface area contributed by atoms with E-state index in [1.165, 1.54) is 32.8 Å². The molecule has 2 aliphatic rings. The standard InChI is InChI=1S/C17H32N2O2/c1-4-11-18-17(14-9-10-14,16(20)21-3)13-19-12-7-6-8-15(19)5-2/h14-15,18H,4-13H2,1-3H3. The quantitative estimate of drug-likeness (QED) is 0.699. The Labute approximate surface area is 129 Å². The van der Waals surface area contributed by atoms with Crippen LogP contribution in [0.4, 0.5) is 0 Å². The van der Waals surface area contributed by atoms with E-state index < -0.39 is 5.54 Å². The summed E-state index contributed by atoms with van der Waals surface area (Å²) in [6.45, 7) is 7.24. The monoisotopic (exact) mass is 296 g/mol. The summed E-state index contributed by atoms with van der Waals surface area (Å²) in [5, 5.41) is 3.57. The number of hydrogen-bond acceptors (Lipinski definition) is 4. The van der Waals surface area contributed by atoms with E-state index in [0.29, 0.717) is 12.0 Å². The molecule has 2 fully saturated rings. The third-order valence-electron chi connectivity index (χ3n) is 5.19. The van der Waals surface area contributed by atoms with Gasteiger partial charge in [0, 0.05) is 12.6 Å². The van der Waals surface area contributed by atoms with Crippen LogP contribution in [-0.2, 0) is 9.53 Å². The van der Waals surface area contributed by atoms with Gasteiger partial charge in [0.15, 0.2) is 0 Å². The highest BCUT2D eigenvalue weighted by Gasteiger charge is 2.52. The van der Waals surface area contributed by atoms with Crippen LogP contribution in [-0.4, -0.2) is 49.2 Å². The summed E-state index contributed by atoms with van der Waals surface area (Å²) in [7, 11) is 1.53. The lowest BCUT2D eigenvalue weighted by Gasteiger charge is -2.42. The number of esters is 1. The number of nitrogens with one attached hydrogen (secondary N) is 1. The van der Waals surface area contributed by atoms with Gasteiger partial charge in [0.25, 0.3) is 0 Å². The zero-order valence-electron chi connectivity index (χ0n) is 14.0. The van der Waals surface area contributed by atoms with Gasteiger partial charge in [-0.2, -0.15) is 0 Å². The van der Waals surface area contributed by atoms with Crippen molar-refractivity contribution in [2.45, 2.75) is 70.4 Å². The number of hydrogen-bond donors (Lipinski definition) is 1. The fourth-order valence-electron chi connectivity index (χ4n) is 3.79. The van der Waals surface area contributed by atoms with E-state index in [0.717, 1.165) is 38.9 Å². The SMILES string of the molecule is CCCNC(CN1CCCCC1CC)(C(=O)OC)C1CC1. The zero-order valence-corrected chi connectivity index (χ0v) is 14.0. The van der Waals surface area contributed by atoms with Gasteiger partial charge < -0.3 is 10.1 Å². The molecule has 2 atom stereocenters. The number of nitrogens with zero attached hydrogens (tertiary/aromatic N) is 1. The second-order valence-corrected chi connectivity index (χ2v) is 6.69. The minimum absolute atomic E-state index is 0.0566. The normalized spacial score (nSPS) is 26.3. The number of likely N-dealkylation sites (tertiary alicyclic amines) is 1. The molecule has 2 unspecified atom stereocenters. The third-order valence-corrected chi connectivity index (χ3v) is 5.19. The number of rotatable bonds is 8. The Hall–Kier alpha value is -0.610. The minimum Gasteiger partial charge on any atom is -0.468 e. The Morgan fingerprint density at radius 2 is 2.05 bits per heavy atom. The molecule has 0 bridgehead atoms. The van der Waals surface area contributed by atoms with Crippen molar-refractivity contribution in [1.82, 2.24) is 10.2 Å². The van der Waals surface area contributed by atoms with Crippen LogP contribution in [0.5, 0.6) is 0 Å². The Morgan fingerprint density at radius 3 is 2.62 bits per heavy atom. The summed E-state index contributed by atoms with van der Waals surface area (Å²) in [4.78, 5) is 15.1. The molecule has 122 valence electrons. The molecule has 0 aromatic rings. The first-order chi connectivity index (χ1) is 10.2. The predicted molar refractivity (Wildman–Crippen MR) is 85.3 cm³/mol. The molecule has 4 nitrogen and oxygen atoms in total. The minimum atomic E-state index is -0.477. The number of piperidine rings is 1. The van der Waals surface area contributed by atoms with Gasteiger partial charge in [-0.05, 0) is 57.5 Å². The van der Waals surface area contributed by atoms with E-state index in [1.54, 1.807) is 0 Å². The Bertz CT molecular complexity index is 344. The van der Waals surface area contributed by atoms with Gasteiger partial charge in [0.2, 0.25) is 0 Å². The summed E-state index contributed by atoms with van der Waals surface area (Å²) in [5.41, 5.74) is -0.477. The molecule has 1 N–H and O–H groups in total. The molecule has 1 saturated carbocycles. The largest absolute Gasteiger partial charge is 0.468 e. The fourth-order valence-corrected chi connectivity index (χ4v) is 3.79. The molecule has 1 aliphatic carbocycles. The van der Waals surface area contributed by atoms with Crippen molar-refractivity contribution in [1.29, 1.82) is 0 Å². The number of carbonyl (C=O) groups is 1. The van der Waals surface area contributed by atoms with Crippen molar-refractivity contribution in [2.24, 2.45) is 5.92 Å². The highest BCUT2D eigenvalue weighted by Crippen LogP contribution is 2.41. The summed E-state index contributed by atoms with van der Waals surface area (Å²) in [5.74, 6) is 0.398. The lowest BCUT2D eigenvalue weighted by atomic mass is 9.89. The lowest BCUT2D eigenvalue weighted by Crippen LogP contribution is -2.63. The van der Waals surface area contributed by atoms with Gasteiger partial charge in [-0.15, -0.1) is 0 Å². The molecule has 0 radical (unpaired) electrons. The summed E-state index contributed by atoms with van der Waals surface area (Å²) in [6, 6.07) is 0.630. The van der Waals surface area contributed by atoms with Crippen molar-refractivity contribution < 1.29 is 9.53 Å². The van der Waals surface area contributed by atoms with Gasteiger partial charge in [0.05, 0.1) is 7.11 Å². The van der Waals surface area contributed by atoms with Gasteiger partial charge in [-0.1, -0.05) is 20.3 Å². The third kappa shape index (κ3) is 3.78. The highest BCUT2D eigenvalue weighted by atomic mass is 16.5. The molecule has 0 spiro atoms. The average molecular weight is 296 g/mol. The van der Waals surface area contributed by atoms with E-state index in [-0.39, 0.29) is 5.97 Å². The van der Waals surface area contributed by atoms with Crippen molar-refractivity contribution in [2.75, 3.05) is 26.7 Å². The average Bonchev–Trinajstić information content (AvgIpc) is 3.36. The van der Waals surface area contributed by atoms with Crippen molar-refractivity contribution in [3.8, 4) is 0 Å². The van der Waals surface area contributed by atoms with Crippen molar-refractivity contribution >= 4 is 5.97 Å². The van der Waals surface area contributed by atoms with Crippen LogP contribution in [0, 0.1) is 5.92 Å². The lowest BCUT2D eigenvalue weighted by molar-refractivity contribution is -0.151. The van der Waals surface area contributed by atoms with E-state index in [2.05, 4.69) is 24.1 Å². The number of methoxy groups -OCH3 is 1. The topological polar surface area (TPSA) is 41.6 Å². The molecule has 21 heavy (non-hydrogen) atoms. The molecule has 0 aromatic heterocycles. The number of carbonyl (C=O) groups excluding carboxylic acids is 1. The first-order valence-corrected chi connectivity index (χ1v) is 8.75. The Morgan fingerprint density at radius 1 is 1.29 bits per heavy atom. The highest BCUT2D eigenvalue weighted by molar-refractivity contribution is 5.82. The number of ether oxygens (including phenoxy) is 1. The van der Waals surface area contributed by atoms with Crippen LogP contribution >= 0.6 is 0 Å². The van der Waals surface area contributed by atoms with E-state index in [4.69, 9.17) is 4.74 Å². The molecular formula is C17H32N2O2. The molecular weight excluding hydrogens is 264 g/mol. The molecule has 0 aromatic carbocycles. The van der Waals surface area contributed by atoms with Gasteiger partial charge in [-0.25, -0.2) is 4.79 Å². The van der Waals surface area contributed by atoms with Crippen molar-refractivity contribution in [3.63, 3.8) is 0 Å². The maximum atomic E-state index is 12.6. The summed E-state index contributed by atoms with van der Waals surface area (Å²) in [6.07, 6.45) is 8.37. The maximum Gasteiger partial charge on any atom is 0.327 e. The first kappa shape index (κ1) is 16.8. The van der Waals surface area contributed by atoms with Crippen LogP contribution < -0.4 is 5.32 Å². The summed E-state index contributed by atoms with van der Waals surface area (Å²) < 4.78 is 5.20. The van der Waals surface area contributed by atoms with Crippen molar-refractivity contribution in [3.05, 3.63) is 0 Å². The Kier molecular flexibility index (Phi) is 6.06. The van der Waals surface area contributed by atoms with E-state index >= 15 is 0 Å². The maximum absolute atomic E-state index is 12.6. The second kappa shape index (κ2) is 7.59. The second-order valence-electron chi connectivity index (χ2n) is 6.69. The van der Waals surface area contributed by atoms with Gasteiger partial charge in [-0.3, -0.25) is 4.90 Å². The van der Waals surface area contributed by atoms with Crippen LogP contribution in [0.25, 0.3) is 0 Å². The molecule has 0 amide bonds. The molecule has 4 heteroatoms. The van der Waals surface area contributed by atoms with Gasteiger partial charge >= 0.3 is 5.97 Å².